The summed E-state index contributed by atoms with van der Waals surface area (Å²) in [4.78, 5) is 0. The summed E-state index contributed by atoms with van der Waals surface area (Å²) in [6.45, 7) is 8.87. The first kappa shape index (κ1) is 15.4. The molecule has 0 fully saturated rings. The van der Waals surface area contributed by atoms with Gasteiger partial charge < -0.3 is 4.74 Å². The first-order valence-electron chi connectivity index (χ1n) is 6.73. The van der Waals surface area contributed by atoms with Crippen molar-refractivity contribution in [2.75, 3.05) is 13.0 Å². The standard InChI is InChI=1S/C16H25ClO/c1-11(2)8-14(10-17)13-6-7-16(18-5)15(9-13)12(3)4/h6-7,9,11-12,14H,8,10H2,1-5H3. The number of hydrogen-bond donors (Lipinski definition) is 0. The normalized spacial score (nSPS) is 13.1. The summed E-state index contributed by atoms with van der Waals surface area (Å²) in [5.74, 6) is 3.23. The number of rotatable bonds is 6. The van der Waals surface area contributed by atoms with Crippen LogP contribution in [-0.2, 0) is 0 Å². The van der Waals surface area contributed by atoms with E-state index in [1.165, 1.54) is 11.1 Å². The summed E-state index contributed by atoms with van der Waals surface area (Å²) >= 11 is 6.12. The van der Waals surface area contributed by atoms with E-state index in [4.69, 9.17) is 16.3 Å². The summed E-state index contributed by atoms with van der Waals surface area (Å²) in [7, 11) is 1.73. The molecule has 1 aromatic rings. The maximum Gasteiger partial charge on any atom is 0.122 e. The van der Waals surface area contributed by atoms with E-state index >= 15 is 0 Å². The molecule has 0 spiro atoms. The molecule has 0 amide bonds. The van der Waals surface area contributed by atoms with Crippen molar-refractivity contribution in [1.82, 2.24) is 0 Å². The fourth-order valence-electron chi connectivity index (χ4n) is 2.32. The van der Waals surface area contributed by atoms with E-state index in [1.54, 1.807) is 7.11 Å². The molecule has 1 aromatic carbocycles. The van der Waals surface area contributed by atoms with E-state index < -0.39 is 0 Å². The molecular weight excluding hydrogens is 244 g/mol. The minimum Gasteiger partial charge on any atom is -0.496 e. The van der Waals surface area contributed by atoms with Crippen LogP contribution < -0.4 is 4.74 Å². The summed E-state index contributed by atoms with van der Waals surface area (Å²) in [5, 5.41) is 0. The molecule has 0 radical (unpaired) electrons. The second kappa shape index (κ2) is 7.04. The van der Waals surface area contributed by atoms with Crippen LogP contribution in [0.1, 0.15) is 57.1 Å². The lowest BCUT2D eigenvalue weighted by atomic mass is 9.89. The monoisotopic (exact) mass is 268 g/mol. The van der Waals surface area contributed by atoms with Gasteiger partial charge in [0.2, 0.25) is 0 Å². The number of alkyl halides is 1. The van der Waals surface area contributed by atoms with Gasteiger partial charge in [0.15, 0.2) is 0 Å². The molecule has 0 saturated carbocycles. The minimum atomic E-state index is 0.440. The number of ether oxygens (including phenoxy) is 1. The summed E-state index contributed by atoms with van der Waals surface area (Å²) in [6, 6.07) is 6.49. The third-order valence-corrected chi connectivity index (χ3v) is 3.66. The van der Waals surface area contributed by atoms with Crippen LogP contribution in [0.2, 0.25) is 0 Å². The van der Waals surface area contributed by atoms with Gasteiger partial charge in [-0.05, 0) is 41.4 Å². The fourth-order valence-corrected chi connectivity index (χ4v) is 2.62. The second-order valence-corrected chi connectivity index (χ2v) is 5.95. The van der Waals surface area contributed by atoms with Gasteiger partial charge in [0.05, 0.1) is 7.11 Å². The van der Waals surface area contributed by atoms with Gasteiger partial charge in [0.25, 0.3) is 0 Å². The third kappa shape index (κ3) is 3.91. The molecule has 1 rings (SSSR count). The van der Waals surface area contributed by atoms with Crippen LogP contribution in [-0.4, -0.2) is 13.0 Å². The maximum atomic E-state index is 6.12. The zero-order chi connectivity index (χ0) is 13.7. The predicted molar refractivity (Wildman–Crippen MR) is 80.0 cm³/mol. The maximum absolute atomic E-state index is 6.12. The molecular formula is C16H25ClO. The van der Waals surface area contributed by atoms with E-state index in [2.05, 4.69) is 45.9 Å². The Morgan fingerprint density at radius 1 is 1.17 bits per heavy atom. The smallest absolute Gasteiger partial charge is 0.122 e. The molecule has 2 heteroatoms. The Balaban J connectivity index is 3.05. The molecule has 18 heavy (non-hydrogen) atoms. The zero-order valence-corrected chi connectivity index (χ0v) is 12.9. The average molecular weight is 269 g/mol. The van der Waals surface area contributed by atoms with E-state index in [0.29, 0.717) is 23.6 Å². The Morgan fingerprint density at radius 2 is 1.83 bits per heavy atom. The lowest BCUT2D eigenvalue weighted by molar-refractivity contribution is 0.407. The van der Waals surface area contributed by atoms with Crippen LogP contribution in [0.15, 0.2) is 18.2 Å². The molecule has 0 aromatic heterocycles. The molecule has 0 heterocycles. The highest BCUT2D eigenvalue weighted by Gasteiger charge is 2.15. The number of benzene rings is 1. The second-order valence-electron chi connectivity index (χ2n) is 5.64. The van der Waals surface area contributed by atoms with Crippen LogP contribution in [0.25, 0.3) is 0 Å². The first-order valence-corrected chi connectivity index (χ1v) is 7.26. The zero-order valence-electron chi connectivity index (χ0n) is 12.2. The summed E-state index contributed by atoms with van der Waals surface area (Å²) < 4.78 is 5.42. The van der Waals surface area contributed by atoms with E-state index in [9.17, 15) is 0 Å². The lowest BCUT2D eigenvalue weighted by Crippen LogP contribution is -2.06. The Hall–Kier alpha value is -0.690. The fraction of sp³-hybridized carbons (Fsp3) is 0.625. The molecule has 1 nitrogen and oxygen atoms in total. The lowest BCUT2D eigenvalue weighted by Gasteiger charge is -2.20. The van der Waals surface area contributed by atoms with Crippen LogP contribution in [0.3, 0.4) is 0 Å². The van der Waals surface area contributed by atoms with Gasteiger partial charge >= 0.3 is 0 Å². The molecule has 0 aliphatic rings. The Labute approximate surface area is 116 Å². The molecule has 102 valence electrons. The predicted octanol–water partition coefficient (Wildman–Crippen LogP) is 5.19. The van der Waals surface area contributed by atoms with Crippen molar-refractivity contribution in [2.24, 2.45) is 5.92 Å². The van der Waals surface area contributed by atoms with Gasteiger partial charge in [0.1, 0.15) is 5.75 Å². The van der Waals surface area contributed by atoms with Crippen molar-refractivity contribution < 1.29 is 4.74 Å². The SMILES string of the molecule is COc1ccc(C(CCl)CC(C)C)cc1C(C)C. The van der Waals surface area contributed by atoms with Crippen molar-refractivity contribution in [3.05, 3.63) is 29.3 Å². The molecule has 0 aliphatic carbocycles. The Kier molecular flexibility index (Phi) is 6.01. The number of halogens is 1. The van der Waals surface area contributed by atoms with Crippen LogP contribution in [0.5, 0.6) is 5.75 Å². The summed E-state index contributed by atoms with van der Waals surface area (Å²) in [5.41, 5.74) is 2.61. The summed E-state index contributed by atoms with van der Waals surface area (Å²) in [6.07, 6.45) is 1.13. The van der Waals surface area contributed by atoms with Gasteiger partial charge in [-0.25, -0.2) is 0 Å². The quantitative estimate of drug-likeness (QED) is 0.646. The van der Waals surface area contributed by atoms with Crippen molar-refractivity contribution in [1.29, 1.82) is 0 Å². The highest BCUT2D eigenvalue weighted by atomic mass is 35.5. The first-order chi connectivity index (χ1) is 8.49. The van der Waals surface area contributed by atoms with Crippen molar-refractivity contribution >= 4 is 11.6 Å². The molecule has 1 atom stereocenters. The van der Waals surface area contributed by atoms with Crippen LogP contribution in [0, 0.1) is 5.92 Å². The topological polar surface area (TPSA) is 9.23 Å². The van der Waals surface area contributed by atoms with Gasteiger partial charge in [0, 0.05) is 5.88 Å². The Bertz CT molecular complexity index is 371. The van der Waals surface area contributed by atoms with Gasteiger partial charge in [-0.15, -0.1) is 11.6 Å². The van der Waals surface area contributed by atoms with E-state index in [-0.39, 0.29) is 0 Å². The average Bonchev–Trinajstić information content (AvgIpc) is 2.34. The largest absolute Gasteiger partial charge is 0.496 e. The van der Waals surface area contributed by atoms with Gasteiger partial charge in [-0.3, -0.25) is 0 Å². The van der Waals surface area contributed by atoms with Crippen molar-refractivity contribution in [3.63, 3.8) is 0 Å². The van der Waals surface area contributed by atoms with E-state index in [0.717, 1.165) is 12.2 Å². The van der Waals surface area contributed by atoms with Gasteiger partial charge in [-0.2, -0.15) is 0 Å². The minimum absolute atomic E-state index is 0.440. The Morgan fingerprint density at radius 3 is 2.28 bits per heavy atom. The molecule has 1 unspecified atom stereocenters. The molecule has 0 saturated heterocycles. The number of hydrogen-bond acceptors (Lipinski definition) is 1. The molecule has 0 bridgehead atoms. The van der Waals surface area contributed by atoms with Crippen LogP contribution >= 0.6 is 11.6 Å². The van der Waals surface area contributed by atoms with E-state index in [1.807, 2.05) is 0 Å². The molecule has 0 aliphatic heterocycles. The highest BCUT2D eigenvalue weighted by molar-refractivity contribution is 6.18. The third-order valence-electron chi connectivity index (χ3n) is 3.29. The highest BCUT2D eigenvalue weighted by Crippen LogP contribution is 2.32. The van der Waals surface area contributed by atoms with Crippen molar-refractivity contribution in [2.45, 2.75) is 46.0 Å². The molecule has 0 N–H and O–H groups in total. The van der Waals surface area contributed by atoms with Crippen molar-refractivity contribution in [3.8, 4) is 5.75 Å². The number of methoxy groups -OCH3 is 1. The van der Waals surface area contributed by atoms with Gasteiger partial charge in [-0.1, -0.05) is 39.8 Å². The van der Waals surface area contributed by atoms with Crippen LogP contribution in [0.4, 0.5) is 0 Å².